The maximum Gasteiger partial charge on any atom is 0.0522 e. The highest BCUT2D eigenvalue weighted by molar-refractivity contribution is 5.51. The topological polar surface area (TPSA) is 15.3 Å². The van der Waals surface area contributed by atoms with Gasteiger partial charge < -0.3 is 5.43 Å². The van der Waals surface area contributed by atoms with Crippen LogP contribution in [0.5, 0.6) is 0 Å². The third-order valence-electron chi connectivity index (χ3n) is 2.05. The summed E-state index contributed by atoms with van der Waals surface area (Å²) < 4.78 is 0. The van der Waals surface area contributed by atoms with Crippen LogP contribution in [0.25, 0.3) is 0 Å². The first kappa shape index (κ1) is 6.68. The molecule has 0 atom stereocenters. The molecule has 1 N–H and O–H groups in total. The number of fused-ring (bicyclic) bond motifs is 1. The van der Waals surface area contributed by atoms with E-state index < -0.39 is 0 Å². The lowest BCUT2D eigenvalue weighted by Crippen LogP contribution is -2.32. The van der Waals surface area contributed by atoms with E-state index in [2.05, 4.69) is 41.7 Å². The molecule has 0 spiro atoms. The van der Waals surface area contributed by atoms with Crippen molar-refractivity contribution in [2.24, 2.45) is 0 Å². The highest BCUT2D eigenvalue weighted by Crippen LogP contribution is 2.19. The maximum absolute atomic E-state index is 3.29. The fraction of sp³-hybridized carbons (Fsp3) is 0.333. The molecule has 0 bridgehead atoms. The first-order chi connectivity index (χ1) is 5.36. The van der Waals surface area contributed by atoms with Gasteiger partial charge in [-0.3, -0.25) is 0 Å². The van der Waals surface area contributed by atoms with E-state index in [1.165, 1.54) is 11.3 Å². The molecular formula is C9H12N2. The molecule has 0 aliphatic carbocycles. The van der Waals surface area contributed by atoms with Gasteiger partial charge in [0.05, 0.1) is 5.69 Å². The van der Waals surface area contributed by atoms with Crippen molar-refractivity contribution >= 4 is 5.69 Å². The Kier molecular flexibility index (Phi) is 1.55. The number of para-hydroxylation sites is 1. The monoisotopic (exact) mass is 148 g/mol. The predicted octanol–water partition coefficient (Wildman–Crippen LogP) is 1.50. The summed E-state index contributed by atoms with van der Waals surface area (Å²) in [6, 6.07) is 8.44. The van der Waals surface area contributed by atoms with E-state index in [9.17, 15) is 0 Å². The van der Waals surface area contributed by atoms with E-state index in [0.717, 1.165) is 13.0 Å². The minimum atomic E-state index is 1.09. The van der Waals surface area contributed by atoms with Gasteiger partial charge in [0.25, 0.3) is 0 Å². The fourth-order valence-corrected chi connectivity index (χ4v) is 1.40. The molecule has 0 aromatic heterocycles. The van der Waals surface area contributed by atoms with Crippen molar-refractivity contribution in [2.75, 3.05) is 19.0 Å². The number of likely N-dealkylation sites (N-methyl/N-ethyl adjacent to an activating group) is 1. The number of rotatable bonds is 0. The predicted molar refractivity (Wildman–Crippen MR) is 46.4 cm³/mol. The third-order valence-corrected chi connectivity index (χ3v) is 2.05. The summed E-state index contributed by atoms with van der Waals surface area (Å²) in [5, 5.41) is 2.11. The molecule has 0 amide bonds. The Hall–Kier alpha value is -1.02. The molecule has 1 aliphatic rings. The Bertz CT molecular complexity index is 257. The second-order valence-corrected chi connectivity index (χ2v) is 2.94. The summed E-state index contributed by atoms with van der Waals surface area (Å²) in [5.74, 6) is 0. The van der Waals surface area contributed by atoms with Gasteiger partial charge in [-0.25, -0.2) is 5.01 Å². The van der Waals surface area contributed by atoms with Crippen LogP contribution in [0.4, 0.5) is 5.69 Å². The van der Waals surface area contributed by atoms with Gasteiger partial charge >= 0.3 is 0 Å². The smallest absolute Gasteiger partial charge is 0.0522 e. The number of anilines is 1. The van der Waals surface area contributed by atoms with Crippen LogP contribution in [-0.2, 0) is 6.42 Å². The molecular weight excluding hydrogens is 136 g/mol. The summed E-state index contributed by atoms with van der Waals surface area (Å²) in [6.45, 7) is 1.09. The molecule has 2 nitrogen and oxygen atoms in total. The van der Waals surface area contributed by atoms with Crippen molar-refractivity contribution < 1.29 is 0 Å². The number of nitrogens with one attached hydrogen (secondary N) is 1. The minimum absolute atomic E-state index is 1.09. The molecule has 1 heterocycles. The average Bonchev–Trinajstić information content (AvgIpc) is 2.04. The minimum Gasteiger partial charge on any atom is -0.319 e. The lowest BCUT2D eigenvalue weighted by molar-refractivity contribution is 0.392. The number of nitrogens with zero attached hydrogens (tertiary/aromatic N) is 1. The first-order valence-corrected chi connectivity index (χ1v) is 3.92. The molecule has 0 fully saturated rings. The molecule has 2 rings (SSSR count). The lowest BCUT2D eigenvalue weighted by Gasteiger charge is -2.26. The Morgan fingerprint density at radius 2 is 2.18 bits per heavy atom. The van der Waals surface area contributed by atoms with Crippen LogP contribution in [0.3, 0.4) is 0 Å². The third kappa shape index (κ3) is 1.21. The van der Waals surface area contributed by atoms with Crippen LogP contribution >= 0.6 is 0 Å². The normalized spacial score (nSPS) is 17.2. The maximum atomic E-state index is 3.29. The van der Waals surface area contributed by atoms with E-state index in [1.54, 1.807) is 0 Å². The van der Waals surface area contributed by atoms with Crippen LogP contribution in [0.2, 0.25) is 0 Å². The molecule has 11 heavy (non-hydrogen) atoms. The number of hydrogen-bond donors (Lipinski definition) is 1. The van der Waals surface area contributed by atoms with Gasteiger partial charge in [-0.05, 0) is 18.1 Å². The van der Waals surface area contributed by atoms with Crippen molar-refractivity contribution in [1.82, 2.24) is 5.01 Å². The van der Waals surface area contributed by atoms with Gasteiger partial charge in [-0.15, -0.1) is 0 Å². The standard InChI is InChI=1S/C9H12N2/c1-11-7-6-8-4-2-3-5-9(8)10-11/h2-5,10H,6-7H2,1H3. The molecule has 0 radical (unpaired) electrons. The largest absolute Gasteiger partial charge is 0.319 e. The van der Waals surface area contributed by atoms with Crippen LogP contribution in [0.1, 0.15) is 5.56 Å². The highest BCUT2D eigenvalue weighted by Gasteiger charge is 2.09. The van der Waals surface area contributed by atoms with Gasteiger partial charge in [0.1, 0.15) is 0 Å². The van der Waals surface area contributed by atoms with Gasteiger partial charge in [0.2, 0.25) is 0 Å². The SMILES string of the molecule is CN1CCc2ccccc2N1. The molecule has 0 saturated heterocycles. The second-order valence-electron chi connectivity index (χ2n) is 2.94. The highest BCUT2D eigenvalue weighted by atomic mass is 15.5. The lowest BCUT2D eigenvalue weighted by atomic mass is 10.1. The summed E-state index contributed by atoms with van der Waals surface area (Å²) in [5.41, 5.74) is 5.97. The number of benzene rings is 1. The Labute approximate surface area is 66.8 Å². The zero-order valence-corrected chi connectivity index (χ0v) is 6.67. The Morgan fingerprint density at radius 1 is 1.36 bits per heavy atom. The first-order valence-electron chi connectivity index (χ1n) is 3.92. The van der Waals surface area contributed by atoms with Gasteiger partial charge in [-0.2, -0.15) is 0 Å². The molecule has 2 heteroatoms. The Balaban J connectivity index is 2.34. The summed E-state index contributed by atoms with van der Waals surface area (Å²) in [4.78, 5) is 0. The Morgan fingerprint density at radius 3 is 3.09 bits per heavy atom. The summed E-state index contributed by atoms with van der Waals surface area (Å²) in [6.07, 6.45) is 1.15. The van der Waals surface area contributed by atoms with Crippen LogP contribution in [-0.4, -0.2) is 18.6 Å². The zero-order chi connectivity index (χ0) is 7.68. The van der Waals surface area contributed by atoms with E-state index in [-0.39, 0.29) is 0 Å². The quantitative estimate of drug-likeness (QED) is 0.599. The van der Waals surface area contributed by atoms with Crippen molar-refractivity contribution in [3.05, 3.63) is 29.8 Å². The van der Waals surface area contributed by atoms with Crippen LogP contribution in [0, 0.1) is 0 Å². The van der Waals surface area contributed by atoms with E-state index >= 15 is 0 Å². The molecule has 1 aromatic carbocycles. The van der Waals surface area contributed by atoms with Crippen molar-refractivity contribution in [3.8, 4) is 0 Å². The second kappa shape index (κ2) is 2.55. The van der Waals surface area contributed by atoms with E-state index in [1.807, 2.05) is 0 Å². The van der Waals surface area contributed by atoms with Gasteiger partial charge in [0, 0.05) is 13.6 Å². The molecule has 0 unspecified atom stereocenters. The van der Waals surface area contributed by atoms with Gasteiger partial charge in [-0.1, -0.05) is 18.2 Å². The van der Waals surface area contributed by atoms with Gasteiger partial charge in [0.15, 0.2) is 0 Å². The number of hydrogen-bond acceptors (Lipinski definition) is 2. The fourth-order valence-electron chi connectivity index (χ4n) is 1.40. The van der Waals surface area contributed by atoms with Crippen LogP contribution < -0.4 is 5.43 Å². The summed E-state index contributed by atoms with van der Waals surface area (Å²) >= 11 is 0. The van der Waals surface area contributed by atoms with E-state index in [0.29, 0.717) is 0 Å². The zero-order valence-electron chi connectivity index (χ0n) is 6.67. The number of hydrazine groups is 1. The summed E-state index contributed by atoms with van der Waals surface area (Å²) in [7, 11) is 2.07. The molecule has 58 valence electrons. The van der Waals surface area contributed by atoms with Crippen molar-refractivity contribution in [1.29, 1.82) is 0 Å². The van der Waals surface area contributed by atoms with Crippen molar-refractivity contribution in [2.45, 2.75) is 6.42 Å². The van der Waals surface area contributed by atoms with Crippen molar-refractivity contribution in [3.63, 3.8) is 0 Å². The molecule has 1 aromatic rings. The van der Waals surface area contributed by atoms with E-state index in [4.69, 9.17) is 0 Å². The average molecular weight is 148 g/mol. The van der Waals surface area contributed by atoms with Crippen LogP contribution in [0.15, 0.2) is 24.3 Å². The molecule has 1 aliphatic heterocycles. The molecule has 0 saturated carbocycles.